The van der Waals surface area contributed by atoms with Crippen molar-refractivity contribution in [3.8, 4) is 5.75 Å². The van der Waals surface area contributed by atoms with Crippen molar-refractivity contribution in [1.82, 2.24) is 0 Å². The zero-order valence-electron chi connectivity index (χ0n) is 12.9. The van der Waals surface area contributed by atoms with E-state index in [-0.39, 0.29) is 23.7 Å². The van der Waals surface area contributed by atoms with Crippen molar-refractivity contribution >= 4 is 22.5 Å². The Morgan fingerprint density at radius 2 is 1.79 bits per heavy atom. The van der Waals surface area contributed by atoms with Crippen molar-refractivity contribution in [2.75, 3.05) is 6.61 Å². The number of fused-ring (bicyclic) bond motifs is 1. The van der Waals surface area contributed by atoms with Crippen LogP contribution < -0.4 is 10.4 Å². The average Bonchev–Trinajstić information content (AvgIpc) is 2.59. The second-order valence-corrected chi connectivity index (χ2v) is 5.33. The van der Waals surface area contributed by atoms with Crippen LogP contribution in [0.1, 0.15) is 22.8 Å². The first-order valence-electron chi connectivity index (χ1n) is 7.34. The van der Waals surface area contributed by atoms with Crippen LogP contribution >= 0.6 is 0 Å². The summed E-state index contributed by atoms with van der Waals surface area (Å²) in [5, 5.41) is 0.601. The minimum Gasteiger partial charge on any atom is -0.486 e. The highest BCUT2D eigenvalue weighted by molar-refractivity contribution is 6.09. The minimum absolute atomic E-state index is 0.0221. The molecular formula is C19H14O5. The molecule has 120 valence electrons. The summed E-state index contributed by atoms with van der Waals surface area (Å²) in [6.07, 6.45) is 0. The quantitative estimate of drug-likeness (QED) is 0.533. The maximum atomic E-state index is 12.4. The second kappa shape index (κ2) is 6.50. The summed E-state index contributed by atoms with van der Waals surface area (Å²) >= 11 is 0. The number of rotatable bonds is 5. The van der Waals surface area contributed by atoms with Gasteiger partial charge in [0.15, 0.2) is 11.6 Å². The summed E-state index contributed by atoms with van der Waals surface area (Å²) in [6, 6.07) is 14.9. The van der Waals surface area contributed by atoms with Gasteiger partial charge in [0, 0.05) is 17.0 Å². The number of carbonyl (C=O) groups is 2. The van der Waals surface area contributed by atoms with Crippen molar-refractivity contribution in [3.63, 3.8) is 0 Å². The first-order chi connectivity index (χ1) is 11.5. The molecule has 0 amide bonds. The van der Waals surface area contributed by atoms with E-state index in [1.807, 2.05) is 0 Å². The van der Waals surface area contributed by atoms with Crippen molar-refractivity contribution in [2.45, 2.75) is 6.92 Å². The normalized spacial score (nSPS) is 10.5. The smallest absolute Gasteiger partial charge is 0.347 e. The molecule has 0 aliphatic rings. The molecule has 1 aromatic heterocycles. The fourth-order valence-corrected chi connectivity index (χ4v) is 2.27. The number of hydrogen-bond acceptors (Lipinski definition) is 5. The zero-order valence-corrected chi connectivity index (χ0v) is 12.9. The van der Waals surface area contributed by atoms with E-state index in [2.05, 4.69) is 0 Å². The number of Topliss-reactive ketones (excluding diaryl/α,β-unsaturated/α-hetero) is 1. The van der Waals surface area contributed by atoms with Gasteiger partial charge in [-0.25, -0.2) is 4.79 Å². The van der Waals surface area contributed by atoms with Crippen LogP contribution in [0.2, 0.25) is 0 Å². The summed E-state index contributed by atoms with van der Waals surface area (Å²) in [5.74, 6) is -0.0773. The molecule has 3 aromatic rings. The molecule has 0 radical (unpaired) electrons. The van der Waals surface area contributed by atoms with E-state index >= 15 is 0 Å². The van der Waals surface area contributed by atoms with Gasteiger partial charge >= 0.3 is 5.63 Å². The molecule has 1 heterocycles. The Morgan fingerprint density at radius 1 is 1.04 bits per heavy atom. The van der Waals surface area contributed by atoms with Crippen LogP contribution in [0.3, 0.4) is 0 Å². The highest BCUT2D eigenvalue weighted by atomic mass is 16.5. The van der Waals surface area contributed by atoms with Gasteiger partial charge in [0.1, 0.15) is 23.5 Å². The largest absolute Gasteiger partial charge is 0.486 e. The molecule has 0 atom stereocenters. The standard InChI is InChI=1S/C19H14O5/c1-12(20)11-23-15-8-7-14-9-16(19(22)24-17(14)10-15)18(21)13-5-3-2-4-6-13/h2-10H,11H2,1H3. The molecule has 0 saturated heterocycles. The second-order valence-electron chi connectivity index (χ2n) is 5.33. The van der Waals surface area contributed by atoms with E-state index in [1.165, 1.54) is 19.1 Å². The van der Waals surface area contributed by atoms with Gasteiger partial charge in [0.2, 0.25) is 0 Å². The highest BCUT2D eigenvalue weighted by Crippen LogP contribution is 2.21. The Hall–Kier alpha value is -3.21. The van der Waals surface area contributed by atoms with Crippen molar-refractivity contribution in [3.05, 3.63) is 76.1 Å². The number of ether oxygens (including phenoxy) is 1. The summed E-state index contributed by atoms with van der Waals surface area (Å²) in [7, 11) is 0. The van der Waals surface area contributed by atoms with E-state index in [0.29, 0.717) is 22.3 Å². The highest BCUT2D eigenvalue weighted by Gasteiger charge is 2.15. The summed E-state index contributed by atoms with van der Waals surface area (Å²) in [6.45, 7) is 1.36. The minimum atomic E-state index is -0.708. The lowest BCUT2D eigenvalue weighted by molar-refractivity contribution is -0.118. The van der Waals surface area contributed by atoms with Crippen molar-refractivity contribution in [2.24, 2.45) is 0 Å². The molecule has 3 rings (SSSR count). The van der Waals surface area contributed by atoms with Gasteiger partial charge < -0.3 is 9.15 Å². The predicted octanol–water partition coefficient (Wildman–Crippen LogP) is 2.99. The van der Waals surface area contributed by atoms with Gasteiger partial charge in [-0.1, -0.05) is 30.3 Å². The van der Waals surface area contributed by atoms with Crippen LogP contribution in [0.4, 0.5) is 0 Å². The molecule has 0 aliphatic carbocycles. The molecule has 24 heavy (non-hydrogen) atoms. The molecule has 0 saturated carbocycles. The van der Waals surface area contributed by atoms with Gasteiger partial charge in [0.05, 0.1) is 0 Å². The van der Waals surface area contributed by atoms with Crippen LogP contribution in [0, 0.1) is 0 Å². The number of benzene rings is 2. The molecule has 0 bridgehead atoms. The van der Waals surface area contributed by atoms with Crippen molar-refractivity contribution < 1.29 is 18.7 Å². The van der Waals surface area contributed by atoms with Gasteiger partial charge in [-0.3, -0.25) is 9.59 Å². The zero-order chi connectivity index (χ0) is 17.1. The lowest BCUT2D eigenvalue weighted by Crippen LogP contribution is -2.14. The van der Waals surface area contributed by atoms with E-state index in [4.69, 9.17) is 9.15 Å². The Balaban J connectivity index is 1.99. The van der Waals surface area contributed by atoms with E-state index in [9.17, 15) is 14.4 Å². The average molecular weight is 322 g/mol. The number of carbonyl (C=O) groups excluding carboxylic acids is 2. The maximum Gasteiger partial charge on any atom is 0.347 e. The summed E-state index contributed by atoms with van der Waals surface area (Å²) < 4.78 is 10.5. The van der Waals surface area contributed by atoms with Crippen molar-refractivity contribution in [1.29, 1.82) is 0 Å². The Morgan fingerprint density at radius 3 is 2.50 bits per heavy atom. The Bertz CT molecular complexity index is 970. The van der Waals surface area contributed by atoms with E-state index in [1.54, 1.807) is 42.5 Å². The van der Waals surface area contributed by atoms with Crippen LogP contribution in [0.15, 0.2) is 63.8 Å². The third-order valence-electron chi connectivity index (χ3n) is 3.43. The molecular weight excluding hydrogens is 308 g/mol. The molecule has 0 aliphatic heterocycles. The molecule has 0 N–H and O–H groups in total. The summed E-state index contributed by atoms with van der Waals surface area (Å²) in [5.41, 5.74) is -0.0117. The monoisotopic (exact) mass is 322 g/mol. The molecule has 0 fully saturated rings. The molecule has 0 unspecified atom stereocenters. The predicted molar refractivity (Wildman–Crippen MR) is 88.5 cm³/mol. The summed E-state index contributed by atoms with van der Waals surface area (Å²) in [4.78, 5) is 35.5. The Labute approximate surface area is 137 Å². The lowest BCUT2D eigenvalue weighted by Gasteiger charge is -2.06. The van der Waals surface area contributed by atoms with Gasteiger partial charge in [0.25, 0.3) is 0 Å². The topological polar surface area (TPSA) is 73.6 Å². The Kier molecular flexibility index (Phi) is 4.24. The lowest BCUT2D eigenvalue weighted by atomic mass is 10.0. The van der Waals surface area contributed by atoms with Crippen LogP contribution in [0.25, 0.3) is 11.0 Å². The van der Waals surface area contributed by atoms with Gasteiger partial charge in [-0.15, -0.1) is 0 Å². The fraction of sp³-hybridized carbons (Fsp3) is 0.105. The third-order valence-corrected chi connectivity index (χ3v) is 3.43. The molecule has 2 aromatic carbocycles. The first-order valence-corrected chi connectivity index (χ1v) is 7.34. The van der Waals surface area contributed by atoms with Crippen LogP contribution in [-0.2, 0) is 4.79 Å². The van der Waals surface area contributed by atoms with Crippen LogP contribution in [-0.4, -0.2) is 18.2 Å². The van der Waals surface area contributed by atoms with E-state index in [0.717, 1.165) is 0 Å². The van der Waals surface area contributed by atoms with Gasteiger partial charge in [-0.2, -0.15) is 0 Å². The fourth-order valence-electron chi connectivity index (χ4n) is 2.27. The number of ketones is 2. The van der Waals surface area contributed by atoms with E-state index < -0.39 is 5.63 Å². The first kappa shape index (κ1) is 15.7. The third kappa shape index (κ3) is 3.25. The number of hydrogen-bond donors (Lipinski definition) is 0. The molecule has 0 spiro atoms. The SMILES string of the molecule is CC(=O)COc1ccc2cc(C(=O)c3ccccc3)c(=O)oc2c1. The maximum absolute atomic E-state index is 12.4. The molecule has 5 nitrogen and oxygen atoms in total. The van der Waals surface area contributed by atoms with Gasteiger partial charge in [-0.05, 0) is 25.1 Å². The molecule has 5 heteroatoms. The van der Waals surface area contributed by atoms with Crippen LogP contribution in [0.5, 0.6) is 5.75 Å².